The highest BCUT2D eigenvalue weighted by Gasteiger charge is 2.09. The maximum Gasteiger partial charge on any atom is 0.419 e. The Morgan fingerprint density at radius 3 is 2.67 bits per heavy atom. The van der Waals surface area contributed by atoms with Crippen molar-refractivity contribution in [2.45, 2.75) is 0 Å². The number of hydrogen-bond acceptors (Lipinski definition) is 3. The lowest BCUT2D eigenvalue weighted by molar-refractivity contribution is 0.104. The summed E-state index contributed by atoms with van der Waals surface area (Å²) >= 11 is 0. The summed E-state index contributed by atoms with van der Waals surface area (Å²) in [4.78, 5) is 23.6. The van der Waals surface area contributed by atoms with Crippen molar-refractivity contribution in [3.63, 3.8) is 0 Å². The monoisotopic (exact) mass is 279 g/mol. The third kappa shape index (κ3) is 2.56. The second kappa shape index (κ2) is 5.25. The predicted molar refractivity (Wildman–Crippen MR) is 81.3 cm³/mol. The van der Waals surface area contributed by atoms with Crippen molar-refractivity contribution in [2.24, 2.45) is 7.05 Å². The Balaban J connectivity index is 1.91. The Kier molecular flexibility index (Phi) is 3.28. The van der Waals surface area contributed by atoms with Gasteiger partial charge in [-0.05, 0) is 29.8 Å². The molecule has 3 aromatic rings. The van der Waals surface area contributed by atoms with Crippen molar-refractivity contribution >= 4 is 23.0 Å². The first-order valence-corrected chi connectivity index (χ1v) is 6.52. The molecule has 0 N–H and O–H groups in total. The molecule has 1 heterocycles. The van der Waals surface area contributed by atoms with Crippen LogP contribution >= 0.6 is 0 Å². The summed E-state index contributed by atoms with van der Waals surface area (Å²) < 4.78 is 6.49. The highest BCUT2D eigenvalue weighted by atomic mass is 16.4. The number of aryl methyl sites for hydroxylation is 1. The molecule has 21 heavy (non-hydrogen) atoms. The quantitative estimate of drug-likeness (QED) is 0.547. The van der Waals surface area contributed by atoms with E-state index in [4.69, 9.17) is 4.42 Å². The molecule has 0 aliphatic carbocycles. The third-order valence-corrected chi connectivity index (χ3v) is 3.30. The first-order chi connectivity index (χ1) is 10.1. The number of hydrogen-bond donors (Lipinski definition) is 0. The molecule has 104 valence electrons. The van der Waals surface area contributed by atoms with Crippen molar-refractivity contribution < 1.29 is 9.21 Å². The van der Waals surface area contributed by atoms with E-state index in [0.29, 0.717) is 16.7 Å². The molecule has 0 aliphatic heterocycles. The minimum atomic E-state index is -0.436. The molecule has 0 radical (unpaired) electrons. The summed E-state index contributed by atoms with van der Waals surface area (Å²) in [5, 5.41) is 0. The molecule has 0 spiro atoms. The SMILES string of the molecule is Cn1c(=O)oc2cc(C(=O)C=Cc3ccccc3)ccc21. The van der Waals surface area contributed by atoms with Crippen LogP contribution in [-0.4, -0.2) is 10.4 Å². The number of oxazole rings is 1. The maximum atomic E-state index is 12.1. The van der Waals surface area contributed by atoms with E-state index in [2.05, 4.69) is 0 Å². The van der Waals surface area contributed by atoms with E-state index in [0.717, 1.165) is 5.56 Å². The van der Waals surface area contributed by atoms with Gasteiger partial charge in [-0.25, -0.2) is 4.79 Å². The van der Waals surface area contributed by atoms with E-state index in [1.807, 2.05) is 30.3 Å². The van der Waals surface area contributed by atoms with Crippen molar-refractivity contribution in [3.05, 3.63) is 76.3 Å². The minimum Gasteiger partial charge on any atom is -0.408 e. The number of nitrogens with zero attached hydrogens (tertiary/aromatic N) is 1. The molecule has 4 heteroatoms. The molecule has 0 saturated carbocycles. The number of carbonyl (C=O) groups is 1. The number of rotatable bonds is 3. The topological polar surface area (TPSA) is 52.2 Å². The van der Waals surface area contributed by atoms with Gasteiger partial charge in [-0.3, -0.25) is 9.36 Å². The van der Waals surface area contributed by atoms with Crippen LogP contribution in [-0.2, 0) is 7.05 Å². The van der Waals surface area contributed by atoms with E-state index in [9.17, 15) is 9.59 Å². The molecule has 0 aliphatic rings. The first-order valence-electron chi connectivity index (χ1n) is 6.52. The van der Waals surface area contributed by atoms with Crippen LogP contribution in [0.4, 0.5) is 0 Å². The van der Waals surface area contributed by atoms with Gasteiger partial charge in [-0.15, -0.1) is 0 Å². The highest BCUT2D eigenvalue weighted by Crippen LogP contribution is 2.15. The van der Waals surface area contributed by atoms with Crippen LogP contribution in [0.5, 0.6) is 0 Å². The van der Waals surface area contributed by atoms with E-state index >= 15 is 0 Å². The summed E-state index contributed by atoms with van der Waals surface area (Å²) in [6.07, 6.45) is 3.27. The van der Waals surface area contributed by atoms with Crippen molar-refractivity contribution in [2.75, 3.05) is 0 Å². The van der Waals surface area contributed by atoms with E-state index in [1.165, 1.54) is 10.6 Å². The standard InChI is InChI=1S/C17H13NO3/c1-18-14-9-8-13(11-16(14)21-17(18)20)15(19)10-7-12-5-3-2-4-6-12/h2-11H,1H3. The summed E-state index contributed by atoms with van der Waals surface area (Å²) in [5.41, 5.74) is 2.53. The lowest BCUT2D eigenvalue weighted by atomic mass is 10.1. The van der Waals surface area contributed by atoms with E-state index in [-0.39, 0.29) is 5.78 Å². The van der Waals surface area contributed by atoms with Gasteiger partial charge in [0.25, 0.3) is 0 Å². The Morgan fingerprint density at radius 2 is 1.90 bits per heavy atom. The second-order valence-corrected chi connectivity index (χ2v) is 4.72. The van der Waals surface area contributed by atoms with Crippen LogP contribution in [0.25, 0.3) is 17.2 Å². The summed E-state index contributed by atoms with van der Waals surface area (Å²) in [7, 11) is 1.63. The number of ketones is 1. The van der Waals surface area contributed by atoms with Gasteiger partial charge in [0.15, 0.2) is 11.4 Å². The summed E-state index contributed by atoms with van der Waals surface area (Å²) in [5.74, 6) is -0.568. The predicted octanol–water partition coefficient (Wildman–Crippen LogP) is 3.03. The maximum absolute atomic E-state index is 12.1. The number of aromatic nitrogens is 1. The van der Waals surface area contributed by atoms with Gasteiger partial charge in [-0.2, -0.15) is 0 Å². The number of carbonyl (C=O) groups excluding carboxylic acids is 1. The van der Waals surface area contributed by atoms with E-state index in [1.54, 1.807) is 31.3 Å². The van der Waals surface area contributed by atoms with Gasteiger partial charge in [0.2, 0.25) is 0 Å². The fraction of sp³-hybridized carbons (Fsp3) is 0.0588. The Labute approximate surface area is 120 Å². The molecule has 0 unspecified atom stereocenters. The van der Waals surface area contributed by atoms with Crippen LogP contribution in [0.1, 0.15) is 15.9 Å². The molecule has 3 rings (SSSR count). The molecule has 0 fully saturated rings. The normalized spacial score (nSPS) is 11.3. The Hall–Kier alpha value is -2.88. The highest BCUT2D eigenvalue weighted by molar-refractivity contribution is 6.08. The fourth-order valence-electron chi connectivity index (χ4n) is 2.12. The number of benzene rings is 2. The average molecular weight is 279 g/mol. The zero-order valence-corrected chi connectivity index (χ0v) is 11.4. The van der Waals surface area contributed by atoms with Gasteiger partial charge in [0, 0.05) is 12.6 Å². The van der Waals surface area contributed by atoms with Gasteiger partial charge in [0.05, 0.1) is 5.52 Å². The summed E-state index contributed by atoms with van der Waals surface area (Å²) in [6.45, 7) is 0. The lowest BCUT2D eigenvalue weighted by Crippen LogP contribution is -2.08. The smallest absolute Gasteiger partial charge is 0.408 e. The Bertz CT molecular complexity index is 885. The number of fused-ring (bicyclic) bond motifs is 1. The van der Waals surface area contributed by atoms with Gasteiger partial charge >= 0.3 is 5.76 Å². The molecule has 0 bridgehead atoms. The third-order valence-electron chi connectivity index (χ3n) is 3.30. The molecule has 2 aromatic carbocycles. The number of allylic oxidation sites excluding steroid dienone is 1. The molecule has 1 aromatic heterocycles. The van der Waals surface area contributed by atoms with Crippen molar-refractivity contribution in [3.8, 4) is 0 Å². The van der Waals surface area contributed by atoms with Crippen LogP contribution < -0.4 is 5.76 Å². The molecule has 4 nitrogen and oxygen atoms in total. The van der Waals surface area contributed by atoms with Crippen LogP contribution in [0, 0.1) is 0 Å². The van der Waals surface area contributed by atoms with Gasteiger partial charge in [-0.1, -0.05) is 36.4 Å². The average Bonchev–Trinajstić information content (AvgIpc) is 2.80. The zero-order valence-electron chi connectivity index (χ0n) is 11.4. The molecule has 0 amide bonds. The molecular formula is C17H13NO3. The fourth-order valence-corrected chi connectivity index (χ4v) is 2.12. The first kappa shape index (κ1) is 13.1. The van der Waals surface area contributed by atoms with Gasteiger partial charge < -0.3 is 4.42 Å². The van der Waals surface area contributed by atoms with Gasteiger partial charge in [0.1, 0.15) is 0 Å². The largest absolute Gasteiger partial charge is 0.419 e. The summed E-state index contributed by atoms with van der Waals surface area (Å²) in [6, 6.07) is 14.6. The molecular weight excluding hydrogens is 266 g/mol. The second-order valence-electron chi connectivity index (χ2n) is 4.72. The van der Waals surface area contributed by atoms with E-state index < -0.39 is 5.76 Å². The molecule has 0 saturated heterocycles. The lowest BCUT2D eigenvalue weighted by Gasteiger charge is -1.97. The zero-order chi connectivity index (χ0) is 14.8. The van der Waals surface area contributed by atoms with Crippen LogP contribution in [0.2, 0.25) is 0 Å². The Morgan fingerprint density at radius 1 is 1.14 bits per heavy atom. The van der Waals surface area contributed by atoms with Crippen molar-refractivity contribution in [1.29, 1.82) is 0 Å². The van der Waals surface area contributed by atoms with Crippen molar-refractivity contribution in [1.82, 2.24) is 4.57 Å². The van der Waals surface area contributed by atoms with Crippen LogP contribution in [0.3, 0.4) is 0 Å². The molecule has 0 atom stereocenters. The minimum absolute atomic E-state index is 0.132. The van der Waals surface area contributed by atoms with Crippen LogP contribution in [0.15, 0.2) is 63.8 Å².